The minimum absolute atomic E-state index is 0.690. The summed E-state index contributed by atoms with van der Waals surface area (Å²) in [5.41, 5.74) is 3.49. The van der Waals surface area contributed by atoms with E-state index in [0.717, 1.165) is 89.5 Å². The highest BCUT2D eigenvalue weighted by atomic mass is 16.5. The SMILES string of the molecule is CCCCCOc1cc(-c2c3ccccc3c(OCCCCC)c3cc(C)ccc23)c(OCCCCC)c2ccccc12. The lowest BCUT2D eigenvalue weighted by atomic mass is 9.88. The maximum atomic E-state index is 6.76. The van der Waals surface area contributed by atoms with E-state index >= 15 is 0 Å². The second-order valence-corrected chi connectivity index (χ2v) is 11.8. The van der Waals surface area contributed by atoms with E-state index in [4.69, 9.17) is 14.2 Å². The summed E-state index contributed by atoms with van der Waals surface area (Å²) in [7, 11) is 0. The van der Waals surface area contributed by atoms with E-state index in [9.17, 15) is 0 Å². The topological polar surface area (TPSA) is 27.7 Å². The van der Waals surface area contributed by atoms with Crippen molar-refractivity contribution in [3.63, 3.8) is 0 Å². The van der Waals surface area contributed by atoms with Gasteiger partial charge in [-0.05, 0) is 49.1 Å². The molecule has 0 atom stereocenters. The van der Waals surface area contributed by atoms with E-state index in [1.165, 1.54) is 41.2 Å². The quantitative estimate of drug-likeness (QED) is 0.0863. The second kappa shape index (κ2) is 15.1. The fourth-order valence-corrected chi connectivity index (χ4v) is 6.06. The summed E-state index contributed by atoms with van der Waals surface area (Å²) in [6.45, 7) is 11.0. The Kier molecular flexibility index (Phi) is 10.8. The normalized spacial score (nSPS) is 11.4. The van der Waals surface area contributed by atoms with Gasteiger partial charge in [-0.3, -0.25) is 0 Å². The molecule has 5 aromatic carbocycles. The first-order chi connectivity index (χ1) is 21.2. The van der Waals surface area contributed by atoms with Crippen LogP contribution < -0.4 is 14.2 Å². The molecule has 0 bridgehead atoms. The van der Waals surface area contributed by atoms with Crippen LogP contribution in [0.5, 0.6) is 17.2 Å². The van der Waals surface area contributed by atoms with Crippen molar-refractivity contribution < 1.29 is 14.2 Å². The van der Waals surface area contributed by atoms with Crippen LogP contribution in [0.1, 0.15) is 84.1 Å². The first-order valence-corrected chi connectivity index (χ1v) is 16.6. The molecule has 0 aliphatic carbocycles. The molecular weight excluding hydrogens is 528 g/mol. The summed E-state index contributed by atoms with van der Waals surface area (Å²) < 4.78 is 19.9. The molecule has 5 rings (SSSR count). The van der Waals surface area contributed by atoms with Crippen LogP contribution in [0, 0.1) is 6.92 Å². The average molecular weight is 577 g/mol. The average Bonchev–Trinajstić information content (AvgIpc) is 3.03. The Balaban J connectivity index is 1.78. The Morgan fingerprint density at radius 3 is 1.60 bits per heavy atom. The molecule has 0 fully saturated rings. The zero-order chi connectivity index (χ0) is 30.0. The standard InChI is InChI=1S/C40H48O3/c1-5-8-15-24-41-37-28-36(40(43-26-17-10-7-3)33-20-13-11-18-30(33)37)38-31-19-12-14-21-34(31)39(42-25-16-9-6-2)35-27-29(4)22-23-32(35)38/h11-14,18-23,27-28H,5-10,15-17,24-26H2,1-4H3. The monoisotopic (exact) mass is 576 g/mol. The smallest absolute Gasteiger partial charge is 0.135 e. The minimum Gasteiger partial charge on any atom is -0.493 e. The number of hydrogen-bond donors (Lipinski definition) is 0. The predicted octanol–water partition coefficient (Wildman–Crippen LogP) is 11.8. The number of hydrogen-bond acceptors (Lipinski definition) is 3. The van der Waals surface area contributed by atoms with Gasteiger partial charge in [0.25, 0.3) is 0 Å². The van der Waals surface area contributed by atoms with Crippen molar-refractivity contribution in [2.45, 2.75) is 85.5 Å². The Bertz CT molecular complexity index is 1650. The van der Waals surface area contributed by atoms with Gasteiger partial charge in [0.05, 0.1) is 19.8 Å². The highest BCUT2D eigenvalue weighted by molar-refractivity contribution is 6.19. The molecule has 3 nitrogen and oxygen atoms in total. The molecule has 0 radical (unpaired) electrons. The van der Waals surface area contributed by atoms with Gasteiger partial charge in [-0.2, -0.15) is 0 Å². The van der Waals surface area contributed by atoms with E-state index in [1.807, 2.05) is 0 Å². The van der Waals surface area contributed by atoms with Crippen molar-refractivity contribution in [3.05, 3.63) is 78.4 Å². The summed E-state index contributed by atoms with van der Waals surface area (Å²) in [4.78, 5) is 0. The highest BCUT2D eigenvalue weighted by Crippen LogP contribution is 2.49. The van der Waals surface area contributed by atoms with Crippen molar-refractivity contribution >= 4 is 32.3 Å². The van der Waals surface area contributed by atoms with E-state index < -0.39 is 0 Å². The van der Waals surface area contributed by atoms with Crippen LogP contribution in [0.3, 0.4) is 0 Å². The second-order valence-electron chi connectivity index (χ2n) is 11.8. The van der Waals surface area contributed by atoms with Crippen LogP contribution in [0.25, 0.3) is 43.4 Å². The lowest BCUT2D eigenvalue weighted by Gasteiger charge is -2.22. The van der Waals surface area contributed by atoms with Crippen LogP contribution in [0.2, 0.25) is 0 Å². The van der Waals surface area contributed by atoms with Crippen molar-refractivity contribution in [3.8, 4) is 28.4 Å². The molecule has 0 saturated heterocycles. The number of benzene rings is 5. The zero-order valence-corrected chi connectivity index (χ0v) is 26.6. The lowest BCUT2D eigenvalue weighted by molar-refractivity contribution is 0.304. The molecule has 0 aromatic heterocycles. The summed E-state index contributed by atoms with van der Waals surface area (Å²) in [6.07, 6.45) is 10.1. The van der Waals surface area contributed by atoms with Gasteiger partial charge in [-0.25, -0.2) is 0 Å². The number of rotatable bonds is 16. The van der Waals surface area contributed by atoms with Crippen LogP contribution in [-0.4, -0.2) is 19.8 Å². The van der Waals surface area contributed by atoms with Crippen molar-refractivity contribution in [2.75, 3.05) is 19.8 Å². The van der Waals surface area contributed by atoms with Crippen LogP contribution in [0.4, 0.5) is 0 Å². The third-order valence-electron chi connectivity index (χ3n) is 8.35. The fraction of sp³-hybridized carbons (Fsp3) is 0.400. The van der Waals surface area contributed by atoms with E-state index in [2.05, 4.69) is 100 Å². The summed E-state index contributed by atoms with van der Waals surface area (Å²) >= 11 is 0. The van der Waals surface area contributed by atoms with Crippen molar-refractivity contribution in [1.82, 2.24) is 0 Å². The zero-order valence-electron chi connectivity index (χ0n) is 26.6. The fourth-order valence-electron chi connectivity index (χ4n) is 6.06. The maximum absolute atomic E-state index is 6.76. The van der Waals surface area contributed by atoms with Gasteiger partial charge in [-0.15, -0.1) is 0 Å². The number of ether oxygens (including phenoxy) is 3. The predicted molar refractivity (Wildman–Crippen MR) is 184 cm³/mol. The van der Waals surface area contributed by atoms with Crippen LogP contribution >= 0.6 is 0 Å². The van der Waals surface area contributed by atoms with E-state index in [0.29, 0.717) is 13.2 Å². The minimum atomic E-state index is 0.690. The molecule has 3 heteroatoms. The molecule has 0 saturated carbocycles. The lowest BCUT2D eigenvalue weighted by Crippen LogP contribution is -2.04. The number of fused-ring (bicyclic) bond motifs is 3. The molecule has 43 heavy (non-hydrogen) atoms. The summed E-state index contributed by atoms with van der Waals surface area (Å²) in [5, 5.41) is 6.86. The van der Waals surface area contributed by atoms with Gasteiger partial charge in [0, 0.05) is 32.7 Å². The molecule has 0 unspecified atom stereocenters. The number of aryl methyl sites for hydroxylation is 1. The Labute approximate surface area is 258 Å². The Hall–Kier alpha value is -3.72. The number of unbranched alkanes of at least 4 members (excludes halogenated alkanes) is 6. The van der Waals surface area contributed by atoms with E-state index in [-0.39, 0.29) is 0 Å². The van der Waals surface area contributed by atoms with Crippen molar-refractivity contribution in [1.29, 1.82) is 0 Å². The largest absolute Gasteiger partial charge is 0.493 e. The molecule has 5 aromatic rings. The van der Waals surface area contributed by atoms with Crippen LogP contribution in [0.15, 0.2) is 72.8 Å². The van der Waals surface area contributed by atoms with Gasteiger partial charge in [0.1, 0.15) is 17.2 Å². The van der Waals surface area contributed by atoms with Gasteiger partial charge in [-0.1, -0.05) is 126 Å². The molecule has 226 valence electrons. The first-order valence-electron chi connectivity index (χ1n) is 16.6. The molecule has 0 spiro atoms. The van der Waals surface area contributed by atoms with Crippen molar-refractivity contribution in [2.24, 2.45) is 0 Å². The molecule has 0 amide bonds. The van der Waals surface area contributed by atoms with Gasteiger partial charge >= 0.3 is 0 Å². The van der Waals surface area contributed by atoms with E-state index in [1.54, 1.807) is 0 Å². The van der Waals surface area contributed by atoms with Crippen LogP contribution in [-0.2, 0) is 0 Å². The third kappa shape index (κ3) is 6.93. The third-order valence-corrected chi connectivity index (χ3v) is 8.35. The molecule has 0 N–H and O–H groups in total. The molecular formula is C40H48O3. The van der Waals surface area contributed by atoms with Gasteiger partial charge in [0.15, 0.2) is 0 Å². The molecule has 0 aliphatic heterocycles. The first kappa shape index (κ1) is 30.7. The summed E-state index contributed by atoms with van der Waals surface area (Å²) in [5.74, 6) is 2.85. The van der Waals surface area contributed by atoms with Gasteiger partial charge < -0.3 is 14.2 Å². The van der Waals surface area contributed by atoms with Gasteiger partial charge in [0.2, 0.25) is 0 Å². The molecule has 0 aliphatic rings. The Morgan fingerprint density at radius 2 is 0.977 bits per heavy atom. The molecule has 0 heterocycles. The maximum Gasteiger partial charge on any atom is 0.135 e. The highest BCUT2D eigenvalue weighted by Gasteiger charge is 2.22. The Morgan fingerprint density at radius 1 is 0.465 bits per heavy atom. The summed E-state index contributed by atoms with van der Waals surface area (Å²) in [6, 6.07) is 26.3.